The minimum atomic E-state index is -0.762. The number of hydrogen-bond donors (Lipinski definition) is 0. The molecule has 0 aliphatic heterocycles. The Kier molecular flexibility index (Phi) is 56.2. The molecule has 1 atom stereocenters. The van der Waals surface area contributed by atoms with Crippen molar-refractivity contribution in [3.05, 3.63) is 12.2 Å². The number of unbranched alkanes of at least 4 members (excludes halogenated alkanes) is 44. The Labute approximate surface area is 424 Å². The molecule has 0 rings (SSSR count). The van der Waals surface area contributed by atoms with E-state index in [9.17, 15) is 14.4 Å². The molecule has 0 saturated carbocycles. The highest BCUT2D eigenvalue weighted by molar-refractivity contribution is 5.71. The molecule has 0 heterocycles. The average Bonchev–Trinajstić information content (AvgIpc) is 3.34. The molecule has 6 heteroatoms. The quantitative estimate of drug-likeness (QED) is 0.0262. The first-order valence-corrected chi connectivity index (χ1v) is 30.7. The Hall–Kier alpha value is -1.85. The van der Waals surface area contributed by atoms with Crippen molar-refractivity contribution in [2.45, 2.75) is 354 Å². The molecule has 0 aliphatic rings. The fraction of sp³-hybridized carbons (Fsp3) is 0.919. The van der Waals surface area contributed by atoms with Crippen LogP contribution in [0.4, 0.5) is 0 Å². The molecule has 0 radical (unpaired) electrons. The molecule has 0 spiro atoms. The van der Waals surface area contributed by atoms with E-state index in [0.717, 1.165) is 57.8 Å². The van der Waals surface area contributed by atoms with Crippen molar-refractivity contribution in [2.24, 2.45) is 0 Å². The smallest absolute Gasteiger partial charge is 0.306 e. The van der Waals surface area contributed by atoms with E-state index in [1.165, 1.54) is 250 Å². The van der Waals surface area contributed by atoms with Gasteiger partial charge in [0.2, 0.25) is 0 Å². The molecule has 0 aromatic carbocycles. The van der Waals surface area contributed by atoms with Gasteiger partial charge >= 0.3 is 17.9 Å². The minimum Gasteiger partial charge on any atom is -0.462 e. The van der Waals surface area contributed by atoms with Crippen LogP contribution in [0.3, 0.4) is 0 Å². The summed E-state index contributed by atoms with van der Waals surface area (Å²) in [6.45, 7) is 6.68. The van der Waals surface area contributed by atoms with Gasteiger partial charge in [0, 0.05) is 19.3 Å². The van der Waals surface area contributed by atoms with Gasteiger partial charge in [0.1, 0.15) is 13.2 Å². The highest BCUT2D eigenvalue weighted by Gasteiger charge is 2.19. The van der Waals surface area contributed by atoms with Crippen molar-refractivity contribution in [3.8, 4) is 0 Å². The summed E-state index contributed by atoms with van der Waals surface area (Å²) in [7, 11) is 0. The number of hydrogen-bond acceptors (Lipinski definition) is 6. The maximum absolute atomic E-state index is 12.8. The van der Waals surface area contributed by atoms with Crippen LogP contribution in [0.15, 0.2) is 12.2 Å². The van der Waals surface area contributed by atoms with Crippen molar-refractivity contribution in [1.29, 1.82) is 0 Å². The van der Waals surface area contributed by atoms with E-state index in [1.807, 2.05) is 0 Å². The number of carbonyl (C=O) groups is 3. The maximum atomic E-state index is 12.8. The van der Waals surface area contributed by atoms with Gasteiger partial charge in [0.15, 0.2) is 6.10 Å². The highest BCUT2D eigenvalue weighted by Crippen LogP contribution is 2.18. The molecular weight excluding hydrogens is 841 g/mol. The van der Waals surface area contributed by atoms with E-state index < -0.39 is 6.10 Å². The summed E-state index contributed by atoms with van der Waals surface area (Å²) in [5.74, 6) is -0.840. The van der Waals surface area contributed by atoms with Gasteiger partial charge in [-0.3, -0.25) is 14.4 Å². The number of ether oxygens (including phenoxy) is 3. The molecule has 0 fully saturated rings. The summed E-state index contributed by atoms with van der Waals surface area (Å²) in [5.41, 5.74) is 0. The highest BCUT2D eigenvalue weighted by atomic mass is 16.6. The third kappa shape index (κ3) is 55.1. The number of allylic oxidation sites excluding steroid dienone is 2. The van der Waals surface area contributed by atoms with Crippen molar-refractivity contribution in [1.82, 2.24) is 0 Å². The lowest BCUT2D eigenvalue weighted by molar-refractivity contribution is -0.167. The molecule has 0 aliphatic carbocycles. The van der Waals surface area contributed by atoms with Crippen molar-refractivity contribution in [3.63, 3.8) is 0 Å². The van der Waals surface area contributed by atoms with Crippen LogP contribution in [-0.4, -0.2) is 37.2 Å². The lowest BCUT2D eigenvalue weighted by Crippen LogP contribution is -2.30. The SMILES string of the molecule is CCCCCCCCCC/C=C\CCCCCCCCCCCCCCCCCC(=O)OCC(COC(=O)CCCCCCCCCCCCC)OC(=O)CCCCCCCCCCCCCC. The number of carbonyl (C=O) groups excluding carboxylic acids is 3. The Morgan fingerprint density at radius 3 is 0.735 bits per heavy atom. The predicted octanol–water partition coefficient (Wildman–Crippen LogP) is 20.5. The maximum Gasteiger partial charge on any atom is 0.306 e. The number of rotatable bonds is 57. The monoisotopic (exact) mass is 959 g/mol. The molecule has 0 N–H and O–H groups in total. The molecule has 0 aromatic rings. The first-order valence-electron chi connectivity index (χ1n) is 30.7. The molecule has 1 unspecified atom stereocenters. The van der Waals surface area contributed by atoms with Crippen LogP contribution in [0.25, 0.3) is 0 Å². The Morgan fingerprint density at radius 2 is 0.485 bits per heavy atom. The molecule has 402 valence electrons. The van der Waals surface area contributed by atoms with Gasteiger partial charge in [-0.15, -0.1) is 0 Å². The van der Waals surface area contributed by atoms with E-state index in [-0.39, 0.29) is 31.1 Å². The standard InChI is InChI=1S/C62H118O6/c1-4-7-10-13-16-19-22-24-25-26-27-28-29-30-31-32-33-34-35-36-37-38-41-43-46-49-52-55-61(64)67-58-59(57-66-60(63)54-51-48-45-42-39-21-18-15-12-9-6-3)68-62(65)56-53-50-47-44-40-23-20-17-14-11-8-5-2/h26-27,59H,4-25,28-58H2,1-3H3/b27-26-. The average molecular weight is 960 g/mol. The van der Waals surface area contributed by atoms with Gasteiger partial charge in [-0.2, -0.15) is 0 Å². The molecule has 0 aromatic heterocycles. The number of esters is 3. The van der Waals surface area contributed by atoms with Gasteiger partial charge in [0.25, 0.3) is 0 Å². The zero-order valence-corrected chi connectivity index (χ0v) is 46.2. The second-order valence-electron chi connectivity index (χ2n) is 21.0. The van der Waals surface area contributed by atoms with Crippen LogP contribution in [0.1, 0.15) is 348 Å². The molecule has 0 saturated heterocycles. The second kappa shape index (κ2) is 57.7. The van der Waals surface area contributed by atoms with Gasteiger partial charge < -0.3 is 14.2 Å². The predicted molar refractivity (Wildman–Crippen MR) is 293 cm³/mol. The van der Waals surface area contributed by atoms with E-state index >= 15 is 0 Å². The van der Waals surface area contributed by atoms with Crippen LogP contribution in [0.5, 0.6) is 0 Å². The summed E-state index contributed by atoms with van der Waals surface area (Å²) in [6.07, 6.45) is 66.6. The largest absolute Gasteiger partial charge is 0.462 e. The van der Waals surface area contributed by atoms with Crippen LogP contribution in [-0.2, 0) is 28.6 Å². The topological polar surface area (TPSA) is 78.9 Å². The molecule has 68 heavy (non-hydrogen) atoms. The van der Waals surface area contributed by atoms with Crippen LogP contribution >= 0.6 is 0 Å². The zero-order valence-electron chi connectivity index (χ0n) is 46.2. The van der Waals surface area contributed by atoms with Gasteiger partial charge in [0.05, 0.1) is 0 Å². The van der Waals surface area contributed by atoms with E-state index in [4.69, 9.17) is 14.2 Å². The third-order valence-corrected chi connectivity index (χ3v) is 14.0. The summed E-state index contributed by atoms with van der Waals surface area (Å²) in [4.78, 5) is 38.1. The van der Waals surface area contributed by atoms with Crippen LogP contribution < -0.4 is 0 Å². The third-order valence-electron chi connectivity index (χ3n) is 14.0. The normalized spacial score (nSPS) is 12.0. The summed E-state index contributed by atoms with van der Waals surface area (Å²) < 4.78 is 16.9. The van der Waals surface area contributed by atoms with Gasteiger partial charge in [-0.1, -0.05) is 296 Å². The summed E-state index contributed by atoms with van der Waals surface area (Å²) in [5, 5.41) is 0. The fourth-order valence-electron chi connectivity index (χ4n) is 9.38. The Balaban J connectivity index is 4.09. The van der Waals surface area contributed by atoms with Crippen LogP contribution in [0.2, 0.25) is 0 Å². The Bertz CT molecular complexity index is 1060. The first kappa shape index (κ1) is 66.2. The summed E-state index contributed by atoms with van der Waals surface area (Å²) in [6, 6.07) is 0. The van der Waals surface area contributed by atoms with Crippen molar-refractivity contribution in [2.75, 3.05) is 13.2 Å². The zero-order chi connectivity index (χ0) is 49.3. The van der Waals surface area contributed by atoms with Crippen molar-refractivity contribution >= 4 is 17.9 Å². The summed E-state index contributed by atoms with van der Waals surface area (Å²) >= 11 is 0. The van der Waals surface area contributed by atoms with E-state index in [0.29, 0.717) is 19.3 Å². The fourth-order valence-corrected chi connectivity index (χ4v) is 9.38. The lowest BCUT2D eigenvalue weighted by atomic mass is 10.0. The van der Waals surface area contributed by atoms with E-state index in [1.54, 1.807) is 0 Å². The molecule has 0 bridgehead atoms. The molecule has 0 amide bonds. The first-order chi connectivity index (χ1) is 33.5. The molecular formula is C62H118O6. The van der Waals surface area contributed by atoms with Gasteiger partial charge in [-0.05, 0) is 44.9 Å². The van der Waals surface area contributed by atoms with E-state index in [2.05, 4.69) is 32.9 Å². The minimum absolute atomic E-state index is 0.0634. The van der Waals surface area contributed by atoms with Crippen LogP contribution in [0, 0.1) is 0 Å². The van der Waals surface area contributed by atoms with Crippen molar-refractivity contribution < 1.29 is 28.6 Å². The van der Waals surface area contributed by atoms with Gasteiger partial charge in [-0.25, -0.2) is 0 Å². The Morgan fingerprint density at radius 1 is 0.279 bits per heavy atom. The second-order valence-corrected chi connectivity index (χ2v) is 21.0. The molecule has 6 nitrogen and oxygen atoms in total. The lowest BCUT2D eigenvalue weighted by Gasteiger charge is -2.18.